The Morgan fingerprint density at radius 3 is 1.60 bits per heavy atom. The summed E-state index contributed by atoms with van der Waals surface area (Å²) in [7, 11) is 0. The van der Waals surface area contributed by atoms with Gasteiger partial charge in [-0.1, -0.05) is 133 Å². The summed E-state index contributed by atoms with van der Waals surface area (Å²) in [4.78, 5) is 0. The lowest BCUT2D eigenvalue weighted by molar-refractivity contribution is 0.476. The molecular formula is C29H44O. The minimum atomic E-state index is 0.391. The van der Waals surface area contributed by atoms with Crippen molar-refractivity contribution >= 4 is 0 Å². The molecule has 1 atom stereocenters. The van der Waals surface area contributed by atoms with E-state index in [0.29, 0.717) is 11.7 Å². The van der Waals surface area contributed by atoms with Gasteiger partial charge in [-0.15, -0.1) is 0 Å². The van der Waals surface area contributed by atoms with E-state index in [2.05, 4.69) is 44.2 Å². The topological polar surface area (TPSA) is 20.2 Å². The Hall–Kier alpha value is -1.76. The fourth-order valence-electron chi connectivity index (χ4n) is 4.60. The zero-order valence-electron chi connectivity index (χ0n) is 19.5. The third-order valence-electron chi connectivity index (χ3n) is 6.41. The molecule has 0 aliphatic rings. The molecule has 0 saturated heterocycles. The number of benzene rings is 2. The van der Waals surface area contributed by atoms with Crippen molar-refractivity contribution in [3.8, 4) is 16.9 Å². The third kappa shape index (κ3) is 8.54. The van der Waals surface area contributed by atoms with Gasteiger partial charge in [0.15, 0.2) is 0 Å². The molecule has 0 fully saturated rings. The molecule has 2 rings (SSSR count). The Morgan fingerprint density at radius 2 is 1.03 bits per heavy atom. The van der Waals surface area contributed by atoms with Gasteiger partial charge in [0.25, 0.3) is 0 Å². The lowest BCUT2D eigenvalue weighted by atomic mass is 9.83. The molecule has 0 heterocycles. The minimum Gasteiger partial charge on any atom is -0.507 e. The van der Waals surface area contributed by atoms with Crippen LogP contribution in [0.3, 0.4) is 0 Å². The van der Waals surface area contributed by atoms with E-state index in [1.807, 2.05) is 18.2 Å². The molecule has 0 saturated carbocycles. The lowest BCUT2D eigenvalue weighted by Gasteiger charge is -2.21. The maximum Gasteiger partial charge on any atom is 0.123 e. The number of aromatic hydroxyl groups is 1. The van der Waals surface area contributed by atoms with Crippen molar-refractivity contribution in [2.45, 2.75) is 110 Å². The first-order valence-corrected chi connectivity index (χ1v) is 12.6. The number of phenolic OH excluding ortho intramolecular Hbond substituents is 1. The van der Waals surface area contributed by atoms with Crippen molar-refractivity contribution in [1.29, 1.82) is 0 Å². The largest absolute Gasteiger partial charge is 0.507 e. The molecule has 1 nitrogen and oxygen atoms in total. The van der Waals surface area contributed by atoms with Crippen LogP contribution in [0.5, 0.6) is 5.75 Å². The van der Waals surface area contributed by atoms with Crippen LogP contribution >= 0.6 is 0 Å². The molecule has 2 aromatic carbocycles. The summed E-state index contributed by atoms with van der Waals surface area (Å²) in [5.74, 6) is 0.987. The molecule has 0 spiro atoms. The van der Waals surface area contributed by atoms with E-state index >= 15 is 0 Å². The highest BCUT2D eigenvalue weighted by Gasteiger charge is 2.17. The Kier molecular flexibility index (Phi) is 12.3. The van der Waals surface area contributed by atoms with Gasteiger partial charge in [-0.3, -0.25) is 0 Å². The van der Waals surface area contributed by atoms with E-state index in [-0.39, 0.29) is 0 Å². The second-order valence-corrected chi connectivity index (χ2v) is 8.91. The normalized spacial score (nSPS) is 12.2. The summed E-state index contributed by atoms with van der Waals surface area (Å²) in [6.45, 7) is 4.57. The number of para-hydroxylation sites is 1. The van der Waals surface area contributed by atoms with Crippen molar-refractivity contribution in [3.63, 3.8) is 0 Å². The summed E-state index contributed by atoms with van der Waals surface area (Å²) in [5.41, 5.74) is 3.63. The van der Waals surface area contributed by atoms with E-state index in [4.69, 9.17) is 0 Å². The van der Waals surface area contributed by atoms with Crippen molar-refractivity contribution < 1.29 is 5.11 Å². The second kappa shape index (κ2) is 15.1. The molecular weight excluding hydrogens is 364 g/mol. The Labute approximate surface area is 185 Å². The average molecular weight is 409 g/mol. The number of hydrogen-bond acceptors (Lipinski definition) is 1. The highest BCUT2D eigenvalue weighted by Crippen LogP contribution is 2.38. The Balaban J connectivity index is 2.05. The van der Waals surface area contributed by atoms with Crippen LogP contribution in [0.15, 0.2) is 48.5 Å². The van der Waals surface area contributed by atoms with E-state index in [0.717, 1.165) is 5.56 Å². The fraction of sp³-hybridized carbons (Fsp3) is 0.586. The fourth-order valence-corrected chi connectivity index (χ4v) is 4.60. The molecule has 0 aromatic heterocycles. The van der Waals surface area contributed by atoms with Gasteiger partial charge in [-0.25, -0.2) is 0 Å². The molecule has 1 heteroatoms. The molecule has 0 aliphatic heterocycles. The van der Waals surface area contributed by atoms with Gasteiger partial charge in [0, 0.05) is 5.56 Å². The quantitative estimate of drug-likeness (QED) is 0.274. The van der Waals surface area contributed by atoms with E-state index in [1.54, 1.807) is 0 Å². The number of rotatable bonds is 16. The first kappa shape index (κ1) is 24.5. The second-order valence-electron chi connectivity index (χ2n) is 8.91. The van der Waals surface area contributed by atoms with Gasteiger partial charge in [-0.05, 0) is 36.0 Å². The SMILES string of the molecule is CCCCCCCCCC(CCCCCCC)c1ccccc1-c1ccccc1O. The number of hydrogen-bond donors (Lipinski definition) is 1. The first-order valence-electron chi connectivity index (χ1n) is 12.6. The summed E-state index contributed by atoms with van der Waals surface area (Å²) in [6.07, 6.45) is 18.8. The molecule has 0 radical (unpaired) electrons. The van der Waals surface area contributed by atoms with Gasteiger partial charge in [0.1, 0.15) is 5.75 Å². The highest BCUT2D eigenvalue weighted by molar-refractivity contribution is 5.73. The van der Waals surface area contributed by atoms with Crippen LogP contribution in [0.4, 0.5) is 0 Å². The van der Waals surface area contributed by atoms with Crippen LogP contribution in [0.1, 0.15) is 115 Å². The van der Waals surface area contributed by atoms with Gasteiger partial charge < -0.3 is 5.11 Å². The molecule has 166 valence electrons. The minimum absolute atomic E-state index is 0.391. The smallest absolute Gasteiger partial charge is 0.123 e. The molecule has 1 unspecified atom stereocenters. The Bertz CT molecular complexity index is 690. The first-order chi connectivity index (χ1) is 14.8. The van der Waals surface area contributed by atoms with Crippen molar-refractivity contribution in [2.24, 2.45) is 0 Å². The average Bonchev–Trinajstić information content (AvgIpc) is 2.77. The third-order valence-corrected chi connectivity index (χ3v) is 6.41. The van der Waals surface area contributed by atoms with Gasteiger partial charge >= 0.3 is 0 Å². The van der Waals surface area contributed by atoms with Crippen molar-refractivity contribution in [3.05, 3.63) is 54.1 Å². The monoisotopic (exact) mass is 408 g/mol. The van der Waals surface area contributed by atoms with Crippen LogP contribution in [-0.2, 0) is 0 Å². The highest BCUT2D eigenvalue weighted by atomic mass is 16.3. The van der Waals surface area contributed by atoms with Gasteiger partial charge in [0.05, 0.1) is 0 Å². The molecule has 0 amide bonds. The Morgan fingerprint density at radius 1 is 0.567 bits per heavy atom. The summed E-state index contributed by atoms with van der Waals surface area (Å²) < 4.78 is 0. The van der Waals surface area contributed by atoms with Gasteiger partial charge in [0.2, 0.25) is 0 Å². The summed E-state index contributed by atoms with van der Waals surface area (Å²) in [6, 6.07) is 16.6. The number of phenols is 1. The predicted molar refractivity (Wildman–Crippen MR) is 132 cm³/mol. The van der Waals surface area contributed by atoms with Crippen LogP contribution in [0.25, 0.3) is 11.1 Å². The summed E-state index contributed by atoms with van der Waals surface area (Å²) in [5, 5.41) is 10.5. The number of unbranched alkanes of at least 4 members (excludes halogenated alkanes) is 10. The molecule has 2 aromatic rings. The van der Waals surface area contributed by atoms with Gasteiger partial charge in [-0.2, -0.15) is 0 Å². The van der Waals surface area contributed by atoms with E-state index in [1.165, 1.54) is 101 Å². The maximum atomic E-state index is 10.5. The maximum absolute atomic E-state index is 10.5. The standard InChI is InChI=1S/C29H44O/c1-3-5-7-9-10-12-14-20-25(19-13-11-8-6-4-2)26-21-15-16-22-27(26)28-23-17-18-24-29(28)30/h15-18,21-25,30H,3-14,19-20H2,1-2H3. The van der Waals surface area contributed by atoms with Crippen LogP contribution in [-0.4, -0.2) is 5.11 Å². The van der Waals surface area contributed by atoms with Crippen LogP contribution < -0.4 is 0 Å². The van der Waals surface area contributed by atoms with Crippen molar-refractivity contribution in [2.75, 3.05) is 0 Å². The van der Waals surface area contributed by atoms with E-state index in [9.17, 15) is 5.11 Å². The van der Waals surface area contributed by atoms with Crippen LogP contribution in [0.2, 0.25) is 0 Å². The zero-order valence-corrected chi connectivity index (χ0v) is 19.5. The molecule has 0 bridgehead atoms. The molecule has 30 heavy (non-hydrogen) atoms. The zero-order chi connectivity index (χ0) is 21.4. The van der Waals surface area contributed by atoms with Crippen molar-refractivity contribution in [1.82, 2.24) is 0 Å². The van der Waals surface area contributed by atoms with Crippen LogP contribution in [0, 0.1) is 0 Å². The predicted octanol–water partition coefficient (Wildman–Crippen LogP) is 9.64. The summed E-state index contributed by atoms with van der Waals surface area (Å²) >= 11 is 0. The lowest BCUT2D eigenvalue weighted by Crippen LogP contribution is -2.02. The molecule has 0 aliphatic carbocycles. The van der Waals surface area contributed by atoms with E-state index < -0.39 is 0 Å². The molecule has 1 N–H and O–H groups in total.